The molecule has 0 aromatic carbocycles. The second-order valence-electron chi connectivity index (χ2n) is 3.44. The molecular weight excluding hydrogens is 244 g/mol. The van der Waals surface area contributed by atoms with Crippen molar-refractivity contribution in [2.45, 2.75) is 6.43 Å². The molecule has 0 N–H and O–H groups in total. The molecule has 2 rings (SSSR count). The SMILES string of the molecule is O=C(c1cscc1Cl)N1CC(C(F)F)C1. The predicted molar refractivity (Wildman–Crippen MR) is 54.7 cm³/mol. The molecule has 0 radical (unpaired) electrons. The van der Waals surface area contributed by atoms with E-state index in [0.29, 0.717) is 10.6 Å². The molecule has 2 heterocycles. The molecular formula is C9H8ClF2NOS. The molecule has 0 bridgehead atoms. The van der Waals surface area contributed by atoms with Gasteiger partial charge in [-0.15, -0.1) is 11.3 Å². The number of hydrogen-bond acceptors (Lipinski definition) is 2. The second-order valence-corrected chi connectivity index (χ2v) is 4.59. The Balaban J connectivity index is 1.98. The highest BCUT2D eigenvalue weighted by Crippen LogP contribution is 2.28. The molecule has 1 aliphatic heterocycles. The third kappa shape index (κ3) is 1.99. The van der Waals surface area contributed by atoms with Crippen LogP contribution in [0.4, 0.5) is 8.78 Å². The summed E-state index contributed by atoms with van der Waals surface area (Å²) in [6, 6.07) is 0. The van der Waals surface area contributed by atoms with Gasteiger partial charge in [-0.3, -0.25) is 4.79 Å². The molecule has 1 aliphatic rings. The molecule has 0 saturated carbocycles. The quantitative estimate of drug-likeness (QED) is 0.792. The van der Waals surface area contributed by atoms with Crippen LogP contribution in [0.2, 0.25) is 5.02 Å². The maximum Gasteiger partial charge on any atom is 0.256 e. The van der Waals surface area contributed by atoms with Gasteiger partial charge in [0.15, 0.2) is 0 Å². The van der Waals surface area contributed by atoms with Crippen molar-refractivity contribution in [2.24, 2.45) is 5.92 Å². The number of likely N-dealkylation sites (tertiary alicyclic amines) is 1. The minimum absolute atomic E-state index is 0.128. The summed E-state index contributed by atoms with van der Waals surface area (Å²) in [5, 5.41) is 3.69. The van der Waals surface area contributed by atoms with Crippen LogP contribution in [0.1, 0.15) is 10.4 Å². The first-order valence-corrected chi connectivity index (χ1v) is 5.70. The van der Waals surface area contributed by atoms with E-state index in [1.807, 2.05) is 0 Å². The van der Waals surface area contributed by atoms with E-state index in [1.165, 1.54) is 16.2 Å². The van der Waals surface area contributed by atoms with E-state index in [4.69, 9.17) is 11.6 Å². The second kappa shape index (κ2) is 4.06. The summed E-state index contributed by atoms with van der Waals surface area (Å²) in [5.41, 5.74) is 0.411. The maximum absolute atomic E-state index is 12.2. The number of nitrogens with zero attached hydrogens (tertiary/aromatic N) is 1. The lowest BCUT2D eigenvalue weighted by molar-refractivity contribution is -0.0151. The van der Waals surface area contributed by atoms with Crippen molar-refractivity contribution in [3.8, 4) is 0 Å². The average Bonchev–Trinajstić information content (AvgIpc) is 2.47. The smallest absolute Gasteiger partial charge is 0.256 e. The first-order chi connectivity index (χ1) is 7.09. The Morgan fingerprint density at radius 3 is 2.67 bits per heavy atom. The van der Waals surface area contributed by atoms with Gasteiger partial charge in [0, 0.05) is 23.8 Å². The number of carbonyl (C=O) groups is 1. The Hall–Kier alpha value is -0.680. The Kier molecular flexibility index (Phi) is 2.93. The minimum Gasteiger partial charge on any atom is -0.337 e. The highest BCUT2D eigenvalue weighted by atomic mass is 35.5. The number of halogens is 3. The zero-order valence-corrected chi connectivity index (χ0v) is 9.19. The first kappa shape index (κ1) is 10.8. The van der Waals surface area contributed by atoms with E-state index >= 15 is 0 Å². The van der Waals surface area contributed by atoms with E-state index in [1.54, 1.807) is 10.8 Å². The number of rotatable bonds is 2. The third-order valence-electron chi connectivity index (χ3n) is 2.40. The highest BCUT2D eigenvalue weighted by molar-refractivity contribution is 7.08. The van der Waals surface area contributed by atoms with Gasteiger partial charge in [-0.05, 0) is 0 Å². The van der Waals surface area contributed by atoms with Crippen LogP contribution >= 0.6 is 22.9 Å². The topological polar surface area (TPSA) is 20.3 Å². The number of amides is 1. The standard InChI is InChI=1S/C9H8ClF2NOS/c10-7-4-15-3-6(7)9(14)13-1-5(2-13)8(11)12/h3-5,8H,1-2H2. The van der Waals surface area contributed by atoms with Crippen LogP contribution in [0.5, 0.6) is 0 Å². The van der Waals surface area contributed by atoms with Crippen molar-refractivity contribution in [1.82, 2.24) is 4.90 Å². The van der Waals surface area contributed by atoms with Crippen LogP contribution in [-0.2, 0) is 0 Å². The lowest BCUT2D eigenvalue weighted by Crippen LogP contribution is -2.52. The summed E-state index contributed by atoms with van der Waals surface area (Å²) in [6.07, 6.45) is -2.34. The molecule has 2 nitrogen and oxygen atoms in total. The van der Waals surface area contributed by atoms with Gasteiger partial charge in [-0.25, -0.2) is 8.78 Å². The lowest BCUT2D eigenvalue weighted by atomic mass is 10.00. The van der Waals surface area contributed by atoms with Gasteiger partial charge in [0.05, 0.1) is 16.5 Å². The summed E-state index contributed by atoms with van der Waals surface area (Å²) in [7, 11) is 0. The average molecular weight is 252 g/mol. The molecule has 1 saturated heterocycles. The summed E-state index contributed by atoms with van der Waals surface area (Å²) in [4.78, 5) is 13.1. The van der Waals surface area contributed by atoms with Crippen molar-refractivity contribution < 1.29 is 13.6 Å². The van der Waals surface area contributed by atoms with Gasteiger partial charge in [0.25, 0.3) is 5.91 Å². The molecule has 82 valence electrons. The first-order valence-electron chi connectivity index (χ1n) is 4.38. The zero-order valence-electron chi connectivity index (χ0n) is 7.62. The Morgan fingerprint density at radius 1 is 1.53 bits per heavy atom. The zero-order chi connectivity index (χ0) is 11.0. The molecule has 0 unspecified atom stereocenters. The number of hydrogen-bond donors (Lipinski definition) is 0. The normalized spacial score (nSPS) is 16.9. The van der Waals surface area contributed by atoms with Gasteiger partial charge in [0.2, 0.25) is 6.43 Å². The van der Waals surface area contributed by atoms with Crippen molar-refractivity contribution in [2.75, 3.05) is 13.1 Å². The number of thiophene rings is 1. The van der Waals surface area contributed by atoms with E-state index in [9.17, 15) is 13.6 Å². The Bertz CT molecular complexity index is 376. The number of carbonyl (C=O) groups excluding carboxylic acids is 1. The molecule has 6 heteroatoms. The lowest BCUT2D eigenvalue weighted by Gasteiger charge is -2.38. The molecule has 0 spiro atoms. The van der Waals surface area contributed by atoms with Gasteiger partial charge in [-0.1, -0.05) is 11.6 Å². The molecule has 1 aromatic rings. The molecule has 0 aliphatic carbocycles. The summed E-state index contributed by atoms with van der Waals surface area (Å²) >= 11 is 7.10. The fourth-order valence-electron chi connectivity index (χ4n) is 1.44. The van der Waals surface area contributed by atoms with E-state index in [-0.39, 0.29) is 19.0 Å². The van der Waals surface area contributed by atoms with E-state index in [2.05, 4.69) is 0 Å². The van der Waals surface area contributed by atoms with Crippen molar-refractivity contribution >= 4 is 28.8 Å². The summed E-state index contributed by atoms with van der Waals surface area (Å²) < 4.78 is 24.4. The largest absolute Gasteiger partial charge is 0.337 e. The molecule has 1 aromatic heterocycles. The fourth-order valence-corrected chi connectivity index (χ4v) is 2.48. The monoisotopic (exact) mass is 251 g/mol. The summed E-state index contributed by atoms with van der Waals surface area (Å²) in [6.45, 7) is 0.255. The Labute approximate surface area is 94.4 Å². The highest BCUT2D eigenvalue weighted by Gasteiger charge is 2.37. The Morgan fingerprint density at radius 2 is 2.20 bits per heavy atom. The van der Waals surface area contributed by atoms with Crippen molar-refractivity contribution in [1.29, 1.82) is 0 Å². The fraction of sp³-hybridized carbons (Fsp3) is 0.444. The van der Waals surface area contributed by atoms with Gasteiger partial charge in [-0.2, -0.15) is 0 Å². The van der Waals surface area contributed by atoms with Crippen LogP contribution in [0.25, 0.3) is 0 Å². The molecule has 0 atom stereocenters. The van der Waals surface area contributed by atoms with Crippen LogP contribution in [0.3, 0.4) is 0 Å². The van der Waals surface area contributed by atoms with Crippen LogP contribution in [0.15, 0.2) is 10.8 Å². The van der Waals surface area contributed by atoms with Gasteiger partial charge >= 0.3 is 0 Å². The van der Waals surface area contributed by atoms with Gasteiger partial charge in [0.1, 0.15) is 0 Å². The summed E-state index contributed by atoms with van der Waals surface area (Å²) in [5.74, 6) is -0.926. The van der Waals surface area contributed by atoms with Gasteiger partial charge < -0.3 is 4.90 Å². The predicted octanol–water partition coefficient (Wildman–Crippen LogP) is 2.74. The van der Waals surface area contributed by atoms with Crippen molar-refractivity contribution in [3.05, 3.63) is 21.3 Å². The van der Waals surface area contributed by atoms with E-state index < -0.39 is 12.3 Å². The maximum atomic E-state index is 12.2. The van der Waals surface area contributed by atoms with Crippen LogP contribution < -0.4 is 0 Å². The van der Waals surface area contributed by atoms with E-state index in [0.717, 1.165) is 0 Å². The minimum atomic E-state index is -2.34. The van der Waals surface area contributed by atoms with Crippen LogP contribution in [0, 0.1) is 5.92 Å². The third-order valence-corrected chi connectivity index (χ3v) is 3.58. The molecule has 1 fully saturated rings. The molecule has 1 amide bonds. The van der Waals surface area contributed by atoms with Crippen molar-refractivity contribution in [3.63, 3.8) is 0 Å². The van der Waals surface area contributed by atoms with Crippen LogP contribution in [-0.4, -0.2) is 30.3 Å². The number of alkyl halides is 2. The molecule has 15 heavy (non-hydrogen) atoms.